The van der Waals surface area contributed by atoms with Crippen molar-refractivity contribution < 1.29 is 50.9 Å². The average Bonchev–Trinajstić information content (AvgIpc) is 3.74. The maximum absolute atomic E-state index is 13.1. The molecule has 64 heavy (non-hydrogen) atoms. The maximum Gasteiger partial charge on any atom is 0.335 e. The van der Waals surface area contributed by atoms with E-state index in [4.69, 9.17) is 41.3 Å². The van der Waals surface area contributed by atoms with Gasteiger partial charge < -0.3 is 46.4 Å². The zero-order chi connectivity index (χ0) is 48.7. The van der Waals surface area contributed by atoms with Gasteiger partial charge in [0.2, 0.25) is 16.6 Å². The van der Waals surface area contributed by atoms with Crippen LogP contribution in [-0.4, -0.2) is 111 Å². The van der Waals surface area contributed by atoms with Crippen molar-refractivity contribution in [2.75, 3.05) is 27.0 Å². The first-order valence-electron chi connectivity index (χ1n) is 25.6. The molecule has 4 aliphatic heterocycles. The highest BCUT2D eigenvalue weighted by molar-refractivity contribution is 7.53. The zero-order valence-corrected chi connectivity index (χ0v) is 48.7. The lowest BCUT2D eigenvalue weighted by molar-refractivity contribution is -0.347. The molecule has 1 spiro atoms. The zero-order valence-electron chi connectivity index (χ0n) is 44.8. The van der Waals surface area contributed by atoms with Crippen molar-refractivity contribution in [2.24, 2.45) is 11.8 Å². The molecule has 4 fully saturated rings. The monoisotopic (exact) mass is 979 g/mol. The van der Waals surface area contributed by atoms with E-state index in [2.05, 4.69) is 138 Å². The minimum absolute atomic E-state index is 0.0216. The van der Waals surface area contributed by atoms with Crippen LogP contribution in [0.5, 0.6) is 0 Å². The number of hydrogen-bond donors (Lipinski definition) is 1. The largest absolute Gasteiger partial charge is 0.413 e. The van der Waals surface area contributed by atoms with Gasteiger partial charge in [-0.05, 0) is 61.7 Å². The van der Waals surface area contributed by atoms with Crippen LogP contribution in [0.15, 0.2) is 0 Å². The first kappa shape index (κ1) is 57.1. The van der Waals surface area contributed by atoms with Crippen LogP contribution >= 0.6 is 7.60 Å². The molecule has 0 amide bonds. The second kappa shape index (κ2) is 21.9. The Bertz CT molecular complexity index is 1450. The molecule has 0 aliphatic carbocycles. The molecular weight excluding hydrogens is 880 g/mol. The summed E-state index contributed by atoms with van der Waals surface area (Å²) in [5, 5.41) is 11.6. The Labute approximate surface area is 395 Å². The van der Waals surface area contributed by atoms with Crippen molar-refractivity contribution in [3.05, 3.63) is 0 Å². The van der Waals surface area contributed by atoms with Crippen molar-refractivity contribution in [3.8, 4) is 0 Å². The molecule has 15 heteroatoms. The summed E-state index contributed by atoms with van der Waals surface area (Å²) < 4.78 is 74.7. The van der Waals surface area contributed by atoms with Gasteiger partial charge in [-0.3, -0.25) is 4.57 Å². The van der Waals surface area contributed by atoms with E-state index in [1.807, 2.05) is 0 Å². The van der Waals surface area contributed by atoms with Crippen molar-refractivity contribution >= 4 is 32.5 Å². The highest BCUT2D eigenvalue weighted by atomic mass is 31.2. The molecule has 11 nitrogen and oxygen atoms in total. The minimum Gasteiger partial charge on any atom is -0.413 e. The lowest BCUT2D eigenvalue weighted by Crippen LogP contribution is -2.58. The Balaban J connectivity index is 1.76. The van der Waals surface area contributed by atoms with E-state index >= 15 is 0 Å². The number of fused-ring (bicyclic) bond motifs is 2. The number of aliphatic hydroxyl groups is 1. The van der Waals surface area contributed by atoms with Gasteiger partial charge in [-0.15, -0.1) is 0 Å². The quantitative estimate of drug-likeness (QED) is 0.0778. The first-order valence-corrected chi connectivity index (χ1v) is 33.7. The van der Waals surface area contributed by atoms with Gasteiger partial charge in [-0.2, -0.15) is 0 Å². The van der Waals surface area contributed by atoms with E-state index in [9.17, 15) is 9.67 Å². The van der Waals surface area contributed by atoms with Gasteiger partial charge in [0.1, 0.15) is 6.16 Å². The number of ether oxygens (including phenoxy) is 4. The summed E-state index contributed by atoms with van der Waals surface area (Å²) in [6, 6.07) is 0. The lowest BCUT2D eigenvalue weighted by atomic mass is 9.80. The summed E-state index contributed by atoms with van der Waals surface area (Å²) in [6.45, 7) is 47.7. The van der Waals surface area contributed by atoms with Gasteiger partial charge in [0.15, 0.2) is 19.9 Å². The van der Waals surface area contributed by atoms with Gasteiger partial charge >= 0.3 is 7.60 Å². The predicted octanol–water partition coefficient (Wildman–Crippen LogP) is 13.4. The molecule has 0 bridgehead atoms. The lowest BCUT2D eigenvalue weighted by Gasteiger charge is -2.51. The Morgan fingerprint density at radius 1 is 0.594 bits per heavy atom. The fourth-order valence-corrected chi connectivity index (χ4v) is 32.3. The molecule has 11 atom stereocenters. The first-order chi connectivity index (χ1) is 29.4. The summed E-state index contributed by atoms with van der Waals surface area (Å²) in [4.78, 5) is 0. The fraction of sp³-hybridized carbons (Fsp3) is 1.00. The van der Waals surface area contributed by atoms with Crippen LogP contribution in [-0.2, 0) is 45.8 Å². The molecule has 0 saturated carbocycles. The van der Waals surface area contributed by atoms with E-state index in [1.54, 1.807) is 0 Å². The summed E-state index contributed by atoms with van der Waals surface area (Å²) in [5.74, 6) is -2.39. The highest BCUT2D eigenvalue weighted by Crippen LogP contribution is 2.56. The smallest absolute Gasteiger partial charge is 0.335 e. The van der Waals surface area contributed by atoms with Gasteiger partial charge in [0.05, 0.1) is 49.3 Å². The number of hydrogen-bond acceptors (Lipinski definition) is 11. The van der Waals surface area contributed by atoms with Gasteiger partial charge in [0, 0.05) is 46.3 Å². The van der Waals surface area contributed by atoms with Gasteiger partial charge in [0.25, 0.3) is 0 Å². The number of rotatable bonds is 23. The van der Waals surface area contributed by atoms with Gasteiger partial charge in [-0.1, -0.05) is 138 Å². The topological polar surface area (TPSA) is 120 Å². The summed E-state index contributed by atoms with van der Waals surface area (Å²) in [7, 11) is -7.91. The van der Waals surface area contributed by atoms with E-state index in [-0.39, 0.29) is 61.0 Å². The van der Waals surface area contributed by atoms with E-state index < -0.39 is 50.2 Å². The van der Waals surface area contributed by atoms with Crippen molar-refractivity contribution in [3.63, 3.8) is 0 Å². The molecule has 378 valence electrons. The molecule has 0 aromatic rings. The molecule has 4 saturated heterocycles. The van der Waals surface area contributed by atoms with Crippen molar-refractivity contribution in [1.82, 2.24) is 0 Å². The average molecular weight is 980 g/mol. The summed E-state index contributed by atoms with van der Waals surface area (Å²) in [5.41, 5.74) is 3.82. The maximum atomic E-state index is 13.1. The van der Waals surface area contributed by atoms with E-state index in [0.717, 1.165) is 0 Å². The molecule has 4 heterocycles. The van der Waals surface area contributed by atoms with Crippen LogP contribution in [0, 0.1) is 11.8 Å². The fourth-order valence-electron chi connectivity index (χ4n) is 14.4. The van der Waals surface area contributed by atoms with Crippen LogP contribution in [0.4, 0.5) is 0 Å². The van der Waals surface area contributed by atoms with Crippen molar-refractivity contribution in [2.45, 2.75) is 275 Å². The normalized spacial score (nSPS) is 31.9. The molecule has 1 N–H and O–H groups in total. The Morgan fingerprint density at radius 3 is 1.45 bits per heavy atom. The van der Waals surface area contributed by atoms with Crippen LogP contribution in [0.3, 0.4) is 0 Å². The molecular formula is C49H99O11PSi3. The van der Waals surface area contributed by atoms with Gasteiger partial charge in [-0.25, -0.2) is 0 Å². The van der Waals surface area contributed by atoms with Crippen molar-refractivity contribution in [1.29, 1.82) is 0 Å². The highest BCUT2D eigenvalue weighted by Gasteiger charge is 2.62. The minimum atomic E-state index is -3.55. The molecule has 3 unspecified atom stereocenters. The third kappa shape index (κ3) is 11.3. The predicted molar refractivity (Wildman–Crippen MR) is 268 cm³/mol. The molecule has 4 rings (SSSR count). The van der Waals surface area contributed by atoms with E-state index in [0.29, 0.717) is 82.2 Å². The van der Waals surface area contributed by atoms with Crippen LogP contribution in [0.25, 0.3) is 0 Å². The molecule has 0 radical (unpaired) electrons. The second-order valence-corrected chi connectivity index (χ2v) is 42.3. The Kier molecular flexibility index (Phi) is 19.5. The van der Waals surface area contributed by atoms with E-state index in [1.165, 1.54) is 14.2 Å². The Hall–Kier alpha value is 0.481. The Morgan fingerprint density at radius 2 is 1.02 bits per heavy atom. The second-order valence-electron chi connectivity index (χ2n) is 23.7. The van der Waals surface area contributed by atoms with Crippen LogP contribution in [0.2, 0.25) is 49.9 Å². The van der Waals surface area contributed by atoms with Crippen LogP contribution in [0.1, 0.15) is 171 Å². The standard InChI is InChI=1S/C49H99O11PSi3/c1-30(2)62(31(3)4,32(5)6)54-28-41(59-63(33(7)8,34(9)10)35(11)12)23-43(60-64(36(13)14,37(15)16)38(17)18)42-24-44-46(55-42)39(19)25-49(56-44)26-40(20)47-45(57-49)27-48(50,58-47)29-61(51,52-21)53-22/h30-47,50H,23-29H2,1-22H3/t39-,40-,41+,42?,43-,44-,45-,46-,47-,48?,49?/m0/s1. The molecule has 0 aromatic carbocycles. The summed E-state index contributed by atoms with van der Waals surface area (Å²) in [6.07, 6.45) is 0.835. The third-order valence-electron chi connectivity index (χ3n) is 16.8. The summed E-state index contributed by atoms with van der Waals surface area (Å²) >= 11 is 0. The van der Waals surface area contributed by atoms with Crippen LogP contribution < -0.4 is 0 Å². The third-order valence-corrected chi connectivity index (χ3v) is 37.2. The molecule has 4 aliphatic rings. The SMILES string of the molecule is COP(=O)(CC1(O)C[C@@H]2OC3(C[C@H](C)[C@@H]4OC([C@H](C[C@H](CO[Si](C(C)C)(C(C)C)C(C)C)O[Si](C(C)C)(C(C)C)C(C)C)O[Si](C(C)C)(C(C)C)C(C)C)C[C@@H]4O3)C[C@H](C)[C@@H]2O1)OC. The molecule has 0 aromatic heterocycles.